The standard InChI is InChI=1S/C15H20N4O2/c1-10-14(21-11(2)17-10)15(20)19-9-5-4-6-13(19)12-7-8-16-18(12)3/h7-8,13H,4-6,9H2,1-3H3. The zero-order valence-corrected chi connectivity index (χ0v) is 12.7. The molecule has 0 saturated carbocycles. The summed E-state index contributed by atoms with van der Waals surface area (Å²) in [5.41, 5.74) is 1.73. The number of likely N-dealkylation sites (tertiary alicyclic amines) is 1. The van der Waals surface area contributed by atoms with Gasteiger partial charge >= 0.3 is 0 Å². The molecule has 0 aliphatic carbocycles. The number of aryl methyl sites for hydroxylation is 3. The van der Waals surface area contributed by atoms with Crippen molar-refractivity contribution in [3.8, 4) is 0 Å². The lowest BCUT2D eigenvalue weighted by Gasteiger charge is -2.35. The molecule has 1 fully saturated rings. The molecule has 1 unspecified atom stereocenters. The van der Waals surface area contributed by atoms with Gasteiger partial charge in [-0.1, -0.05) is 0 Å². The molecule has 3 rings (SSSR count). The number of nitrogens with zero attached hydrogens (tertiary/aromatic N) is 4. The van der Waals surface area contributed by atoms with Crippen LogP contribution >= 0.6 is 0 Å². The van der Waals surface area contributed by atoms with Crippen molar-refractivity contribution in [3.63, 3.8) is 0 Å². The van der Waals surface area contributed by atoms with Crippen molar-refractivity contribution in [2.45, 2.75) is 39.2 Å². The maximum Gasteiger partial charge on any atom is 0.292 e. The van der Waals surface area contributed by atoms with E-state index < -0.39 is 0 Å². The molecule has 21 heavy (non-hydrogen) atoms. The third-order valence-corrected chi connectivity index (χ3v) is 4.06. The Labute approximate surface area is 123 Å². The molecule has 1 aliphatic heterocycles. The van der Waals surface area contributed by atoms with Crippen LogP contribution in [0, 0.1) is 13.8 Å². The van der Waals surface area contributed by atoms with Gasteiger partial charge < -0.3 is 9.32 Å². The second kappa shape index (κ2) is 5.35. The summed E-state index contributed by atoms with van der Waals surface area (Å²) in [5, 5.41) is 4.22. The summed E-state index contributed by atoms with van der Waals surface area (Å²) >= 11 is 0. The van der Waals surface area contributed by atoms with E-state index in [9.17, 15) is 4.79 Å². The molecule has 0 aromatic carbocycles. The van der Waals surface area contributed by atoms with Crippen LogP contribution in [0.4, 0.5) is 0 Å². The Morgan fingerprint density at radius 3 is 2.81 bits per heavy atom. The Balaban J connectivity index is 1.93. The number of oxazole rings is 1. The van der Waals surface area contributed by atoms with E-state index in [1.54, 1.807) is 13.1 Å². The van der Waals surface area contributed by atoms with Gasteiger partial charge in [0.15, 0.2) is 5.89 Å². The maximum absolute atomic E-state index is 12.8. The molecule has 0 N–H and O–H groups in total. The molecular formula is C15H20N4O2. The topological polar surface area (TPSA) is 64.2 Å². The second-order valence-corrected chi connectivity index (χ2v) is 5.54. The van der Waals surface area contributed by atoms with E-state index >= 15 is 0 Å². The van der Waals surface area contributed by atoms with E-state index in [1.165, 1.54) is 0 Å². The molecule has 2 aromatic heterocycles. The number of aromatic nitrogens is 3. The number of hydrogen-bond donors (Lipinski definition) is 0. The summed E-state index contributed by atoms with van der Waals surface area (Å²) in [6.45, 7) is 4.32. The largest absolute Gasteiger partial charge is 0.436 e. The fraction of sp³-hybridized carbons (Fsp3) is 0.533. The van der Waals surface area contributed by atoms with Gasteiger partial charge in [-0.3, -0.25) is 9.48 Å². The van der Waals surface area contributed by atoms with Gasteiger partial charge in [-0.25, -0.2) is 4.98 Å². The summed E-state index contributed by atoms with van der Waals surface area (Å²) < 4.78 is 7.34. The Hall–Kier alpha value is -2.11. The summed E-state index contributed by atoms with van der Waals surface area (Å²) in [6.07, 6.45) is 4.87. The van der Waals surface area contributed by atoms with Gasteiger partial charge in [0.25, 0.3) is 5.91 Å². The molecule has 6 nitrogen and oxygen atoms in total. The molecular weight excluding hydrogens is 268 g/mol. The Bertz CT molecular complexity index is 658. The minimum atomic E-state index is -0.0704. The first-order valence-electron chi connectivity index (χ1n) is 7.31. The lowest BCUT2D eigenvalue weighted by atomic mass is 9.98. The highest BCUT2D eigenvalue weighted by Gasteiger charge is 2.32. The van der Waals surface area contributed by atoms with Crippen LogP contribution in [0.5, 0.6) is 0 Å². The number of hydrogen-bond acceptors (Lipinski definition) is 4. The second-order valence-electron chi connectivity index (χ2n) is 5.54. The molecule has 1 saturated heterocycles. The number of piperidine rings is 1. The van der Waals surface area contributed by atoms with E-state index in [0.29, 0.717) is 17.3 Å². The maximum atomic E-state index is 12.8. The lowest BCUT2D eigenvalue weighted by molar-refractivity contribution is 0.0566. The van der Waals surface area contributed by atoms with Crippen molar-refractivity contribution in [2.75, 3.05) is 6.54 Å². The van der Waals surface area contributed by atoms with E-state index in [-0.39, 0.29) is 11.9 Å². The van der Waals surface area contributed by atoms with Crippen molar-refractivity contribution < 1.29 is 9.21 Å². The number of carbonyl (C=O) groups is 1. The van der Waals surface area contributed by atoms with Crippen LogP contribution < -0.4 is 0 Å². The predicted molar refractivity (Wildman–Crippen MR) is 76.8 cm³/mol. The Morgan fingerprint density at radius 1 is 1.38 bits per heavy atom. The fourth-order valence-corrected chi connectivity index (χ4v) is 3.05. The van der Waals surface area contributed by atoms with Crippen LogP contribution in [0.2, 0.25) is 0 Å². The van der Waals surface area contributed by atoms with Crippen LogP contribution in [-0.2, 0) is 7.05 Å². The van der Waals surface area contributed by atoms with Crippen LogP contribution in [-0.4, -0.2) is 32.1 Å². The molecule has 112 valence electrons. The van der Waals surface area contributed by atoms with Gasteiger partial charge in [-0.15, -0.1) is 0 Å². The van der Waals surface area contributed by atoms with Gasteiger partial charge in [-0.2, -0.15) is 5.10 Å². The molecule has 1 atom stereocenters. The molecule has 1 amide bonds. The highest BCUT2D eigenvalue weighted by Crippen LogP contribution is 2.32. The smallest absolute Gasteiger partial charge is 0.292 e. The number of rotatable bonds is 2. The van der Waals surface area contributed by atoms with Crippen LogP contribution in [0.15, 0.2) is 16.7 Å². The highest BCUT2D eigenvalue weighted by atomic mass is 16.4. The van der Waals surface area contributed by atoms with E-state index in [1.807, 2.05) is 29.6 Å². The first-order valence-corrected chi connectivity index (χ1v) is 7.31. The molecule has 0 radical (unpaired) electrons. The molecule has 1 aliphatic rings. The summed E-state index contributed by atoms with van der Waals surface area (Å²) in [5.74, 6) is 0.825. The lowest BCUT2D eigenvalue weighted by Crippen LogP contribution is -2.39. The minimum absolute atomic E-state index is 0.0588. The van der Waals surface area contributed by atoms with E-state index in [0.717, 1.165) is 31.5 Å². The van der Waals surface area contributed by atoms with Crippen molar-refractivity contribution in [1.82, 2.24) is 19.7 Å². The normalized spacial score (nSPS) is 19.0. The van der Waals surface area contributed by atoms with Crippen LogP contribution in [0.3, 0.4) is 0 Å². The Morgan fingerprint density at radius 2 is 2.19 bits per heavy atom. The molecule has 6 heteroatoms. The van der Waals surface area contributed by atoms with Gasteiger partial charge in [0, 0.05) is 26.7 Å². The van der Waals surface area contributed by atoms with Crippen molar-refractivity contribution >= 4 is 5.91 Å². The van der Waals surface area contributed by atoms with E-state index in [2.05, 4.69) is 10.1 Å². The third-order valence-electron chi connectivity index (χ3n) is 4.06. The quantitative estimate of drug-likeness (QED) is 0.851. The third kappa shape index (κ3) is 2.46. The van der Waals surface area contributed by atoms with E-state index in [4.69, 9.17) is 4.42 Å². The zero-order chi connectivity index (χ0) is 15.0. The van der Waals surface area contributed by atoms with Gasteiger partial charge in [0.2, 0.25) is 5.76 Å². The predicted octanol–water partition coefficient (Wildman–Crippen LogP) is 2.39. The van der Waals surface area contributed by atoms with Crippen molar-refractivity contribution in [3.05, 3.63) is 35.3 Å². The van der Waals surface area contributed by atoms with Gasteiger partial charge in [0.1, 0.15) is 0 Å². The monoisotopic (exact) mass is 288 g/mol. The summed E-state index contributed by atoms with van der Waals surface area (Å²) in [4.78, 5) is 18.9. The molecule has 0 bridgehead atoms. The fourth-order valence-electron chi connectivity index (χ4n) is 3.05. The van der Waals surface area contributed by atoms with Crippen molar-refractivity contribution in [1.29, 1.82) is 0 Å². The zero-order valence-electron chi connectivity index (χ0n) is 12.7. The SMILES string of the molecule is Cc1nc(C)c(C(=O)N2CCCCC2c2ccnn2C)o1. The average molecular weight is 288 g/mol. The average Bonchev–Trinajstić information content (AvgIpc) is 3.03. The summed E-state index contributed by atoms with van der Waals surface area (Å²) in [6, 6.07) is 2.04. The van der Waals surface area contributed by atoms with Gasteiger partial charge in [-0.05, 0) is 32.3 Å². The van der Waals surface area contributed by atoms with Crippen LogP contribution in [0.1, 0.15) is 53.1 Å². The first kappa shape index (κ1) is 13.9. The Kier molecular flexibility index (Phi) is 3.53. The van der Waals surface area contributed by atoms with Crippen molar-refractivity contribution in [2.24, 2.45) is 7.05 Å². The molecule has 3 heterocycles. The highest BCUT2D eigenvalue weighted by molar-refractivity contribution is 5.92. The number of carbonyl (C=O) groups excluding carboxylic acids is 1. The summed E-state index contributed by atoms with van der Waals surface area (Å²) in [7, 11) is 1.91. The molecule has 2 aromatic rings. The van der Waals surface area contributed by atoms with Crippen LogP contribution in [0.25, 0.3) is 0 Å². The minimum Gasteiger partial charge on any atom is -0.436 e. The first-order chi connectivity index (χ1) is 10.1. The van der Waals surface area contributed by atoms with Gasteiger partial charge in [0.05, 0.1) is 17.4 Å². The molecule has 0 spiro atoms. The number of amides is 1.